The van der Waals surface area contributed by atoms with Crippen LogP contribution in [0.2, 0.25) is 0 Å². The maximum absolute atomic E-state index is 11.7. The second kappa shape index (κ2) is 13.2. The molecule has 0 aliphatic heterocycles. The van der Waals surface area contributed by atoms with Crippen LogP contribution in [0.15, 0.2) is 0 Å². The summed E-state index contributed by atoms with van der Waals surface area (Å²) < 4.78 is 9.85. The number of esters is 2. The van der Waals surface area contributed by atoms with Gasteiger partial charge in [-0.25, -0.2) is 0 Å². The van der Waals surface area contributed by atoms with Crippen LogP contribution in [0.4, 0.5) is 0 Å². The minimum Gasteiger partial charge on any atom is -0.465 e. The lowest BCUT2D eigenvalue weighted by molar-refractivity contribution is -0.161. The van der Waals surface area contributed by atoms with Crippen molar-refractivity contribution in [3.63, 3.8) is 0 Å². The minimum absolute atomic E-state index is 0.285. The zero-order valence-electron chi connectivity index (χ0n) is 12.7. The smallest absolute Gasteiger partial charge is 0.320 e. The summed E-state index contributed by atoms with van der Waals surface area (Å²) >= 11 is 5.61. The molecule has 0 heterocycles. The average Bonchev–Trinajstić information content (AvgIpc) is 2.42. The van der Waals surface area contributed by atoms with Crippen LogP contribution < -0.4 is 0 Å². The van der Waals surface area contributed by atoms with Crippen molar-refractivity contribution in [3.8, 4) is 0 Å². The van der Waals surface area contributed by atoms with Crippen LogP contribution in [0, 0.1) is 5.92 Å². The van der Waals surface area contributed by atoms with Crippen LogP contribution in [0.1, 0.15) is 58.8 Å². The van der Waals surface area contributed by atoms with Gasteiger partial charge in [-0.2, -0.15) is 0 Å². The highest BCUT2D eigenvalue weighted by molar-refractivity contribution is 6.17. The summed E-state index contributed by atoms with van der Waals surface area (Å²) in [7, 11) is 0. The van der Waals surface area contributed by atoms with Gasteiger partial charge in [0.05, 0.1) is 13.2 Å². The zero-order valence-corrected chi connectivity index (χ0v) is 13.4. The van der Waals surface area contributed by atoms with Crippen LogP contribution in [-0.4, -0.2) is 31.0 Å². The van der Waals surface area contributed by atoms with E-state index in [1.807, 2.05) is 0 Å². The van der Waals surface area contributed by atoms with Crippen LogP contribution in [0.5, 0.6) is 0 Å². The summed E-state index contributed by atoms with van der Waals surface area (Å²) in [4.78, 5) is 23.5. The molecular formula is C15H27ClO4. The molecule has 20 heavy (non-hydrogen) atoms. The van der Waals surface area contributed by atoms with Gasteiger partial charge in [0.25, 0.3) is 0 Å². The molecule has 0 atom stereocenters. The van der Waals surface area contributed by atoms with Crippen LogP contribution in [0.25, 0.3) is 0 Å². The first-order valence-corrected chi connectivity index (χ1v) is 8.10. The Balaban J connectivity index is 3.97. The number of rotatable bonds is 12. The van der Waals surface area contributed by atoms with Gasteiger partial charge in [0.2, 0.25) is 0 Å². The Kier molecular flexibility index (Phi) is 12.7. The van der Waals surface area contributed by atoms with E-state index in [2.05, 4.69) is 0 Å². The minimum atomic E-state index is -0.766. The third kappa shape index (κ3) is 9.18. The van der Waals surface area contributed by atoms with Crippen molar-refractivity contribution in [3.05, 3.63) is 0 Å². The standard InChI is InChI=1S/C15H27ClO4/c1-3-19-14(17)13(15(18)20-4-2)11-9-7-5-6-8-10-12-16/h13H,3-12H2,1-2H3. The molecule has 0 radical (unpaired) electrons. The largest absolute Gasteiger partial charge is 0.465 e. The zero-order chi connectivity index (χ0) is 15.2. The van der Waals surface area contributed by atoms with Gasteiger partial charge < -0.3 is 9.47 Å². The van der Waals surface area contributed by atoms with Crippen molar-refractivity contribution in [2.24, 2.45) is 5.92 Å². The van der Waals surface area contributed by atoms with Crippen molar-refractivity contribution in [1.82, 2.24) is 0 Å². The molecule has 0 aliphatic carbocycles. The molecule has 0 aromatic rings. The molecule has 0 unspecified atom stereocenters. The lowest BCUT2D eigenvalue weighted by Gasteiger charge is -2.14. The molecule has 0 bridgehead atoms. The molecule has 0 amide bonds. The van der Waals surface area contributed by atoms with Gasteiger partial charge in [0.15, 0.2) is 5.92 Å². The molecule has 0 saturated carbocycles. The maximum Gasteiger partial charge on any atom is 0.320 e. The van der Waals surface area contributed by atoms with Crippen molar-refractivity contribution in [2.75, 3.05) is 19.1 Å². The van der Waals surface area contributed by atoms with Crippen molar-refractivity contribution in [2.45, 2.75) is 58.8 Å². The van der Waals surface area contributed by atoms with E-state index < -0.39 is 17.9 Å². The number of unbranched alkanes of at least 4 members (excludes halogenated alkanes) is 5. The molecule has 0 saturated heterocycles. The molecule has 118 valence electrons. The lowest BCUT2D eigenvalue weighted by atomic mass is 10.0. The topological polar surface area (TPSA) is 52.6 Å². The first kappa shape index (κ1) is 19.2. The van der Waals surface area contributed by atoms with E-state index in [1.54, 1.807) is 13.8 Å². The number of carbonyl (C=O) groups is 2. The fourth-order valence-electron chi connectivity index (χ4n) is 1.97. The van der Waals surface area contributed by atoms with Gasteiger partial charge in [-0.05, 0) is 26.7 Å². The molecule has 0 fully saturated rings. The third-order valence-electron chi connectivity index (χ3n) is 3.02. The van der Waals surface area contributed by atoms with Crippen LogP contribution >= 0.6 is 11.6 Å². The Morgan fingerprint density at radius 3 is 1.75 bits per heavy atom. The number of alkyl halides is 1. The SMILES string of the molecule is CCOC(=O)C(CCCCCCCCCl)C(=O)OCC. The number of carbonyl (C=O) groups excluding carboxylic acids is 2. The fraction of sp³-hybridized carbons (Fsp3) is 0.867. The van der Waals surface area contributed by atoms with Crippen molar-refractivity contribution in [1.29, 1.82) is 0 Å². The molecule has 0 N–H and O–H groups in total. The molecule has 0 aliphatic rings. The van der Waals surface area contributed by atoms with Gasteiger partial charge in [0.1, 0.15) is 0 Å². The van der Waals surface area contributed by atoms with Crippen LogP contribution in [0.3, 0.4) is 0 Å². The Labute approximate surface area is 127 Å². The van der Waals surface area contributed by atoms with Gasteiger partial charge in [-0.15, -0.1) is 11.6 Å². The van der Waals surface area contributed by atoms with E-state index in [4.69, 9.17) is 21.1 Å². The number of ether oxygens (including phenoxy) is 2. The maximum atomic E-state index is 11.7. The predicted molar refractivity (Wildman–Crippen MR) is 79.8 cm³/mol. The Morgan fingerprint density at radius 2 is 1.30 bits per heavy atom. The Morgan fingerprint density at radius 1 is 0.850 bits per heavy atom. The van der Waals surface area contributed by atoms with Gasteiger partial charge in [0, 0.05) is 5.88 Å². The number of hydrogen-bond donors (Lipinski definition) is 0. The summed E-state index contributed by atoms with van der Waals surface area (Å²) in [6, 6.07) is 0. The van der Waals surface area contributed by atoms with Gasteiger partial charge in [-0.1, -0.05) is 32.1 Å². The molecule has 0 spiro atoms. The van der Waals surface area contributed by atoms with Gasteiger partial charge >= 0.3 is 11.9 Å². The Bertz CT molecular complexity index is 251. The van der Waals surface area contributed by atoms with E-state index >= 15 is 0 Å². The molecule has 0 aromatic carbocycles. The summed E-state index contributed by atoms with van der Waals surface area (Å²) in [5.74, 6) is -0.979. The molecule has 4 nitrogen and oxygen atoms in total. The second-order valence-corrected chi connectivity index (χ2v) is 5.03. The van der Waals surface area contributed by atoms with Crippen LogP contribution in [-0.2, 0) is 19.1 Å². The normalized spacial score (nSPS) is 10.6. The van der Waals surface area contributed by atoms with E-state index in [-0.39, 0.29) is 13.2 Å². The van der Waals surface area contributed by atoms with Crippen molar-refractivity contribution < 1.29 is 19.1 Å². The fourth-order valence-corrected chi connectivity index (χ4v) is 2.16. The molecule has 0 rings (SSSR count). The second-order valence-electron chi connectivity index (χ2n) is 4.66. The highest BCUT2D eigenvalue weighted by Gasteiger charge is 2.28. The summed E-state index contributed by atoms with van der Waals surface area (Å²) in [5.41, 5.74) is 0. The monoisotopic (exact) mass is 306 g/mol. The van der Waals surface area contributed by atoms with E-state index in [9.17, 15) is 9.59 Å². The number of hydrogen-bond acceptors (Lipinski definition) is 4. The van der Waals surface area contributed by atoms with Gasteiger partial charge in [-0.3, -0.25) is 9.59 Å². The first-order valence-electron chi connectivity index (χ1n) is 7.56. The molecule has 5 heteroatoms. The summed E-state index contributed by atoms with van der Waals surface area (Å²) in [6.07, 6.45) is 6.80. The quantitative estimate of drug-likeness (QED) is 0.239. The summed E-state index contributed by atoms with van der Waals surface area (Å²) in [5, 5.41) is 0. The van der Waals surface area contributed by atoms with Crippen molar-refractivity contribution >= 4 is 23.5 Å². The highest BCUT2D eigenvalue weighted by Crippen LogP contribution is 2.15. The molecular weight excluding hydrogens is 280 g/mol. The third-order valence-corrected chi connectivity index (χ3v) is 3.29. The van der Waals surface area contributed by atoms with E-state index in [0.717, 1.165) is 38.5 Å². The average molecular weight is 307 g/mol. The Hall–Kier alpha value is -0.770. The van der Waals surface area contributed by atoms with E-state index in [1.165, 1.54) is 0 Å². The molecule has 0 aromatic heterocycles. The predicted octanol–water partition coefficient (Wildman–Crippen LogP) is 3.70. The first-order chi connectivity index (χ1) is 9.67. The highest BCUT2D eigenvalue weighted by atomic mass is 35.5. The summed E-state index contributed by atoms with van der Waals surface area (Å²) in [6.45, 7) is 4.04. The van der Waals surface area contributed by atoms with E-state index in [0.29, 0.717) is 12.3 Å². The lowest BCUT2D eigenvalue weighted by Crippen LogP contribution is -2.28. The number of halogens is 1.